The van der Waals surface area contributed by atoms with Gasteiger partial charge in [0.2, 0.25) is 5.91 Å². The van der Waals surface area contributed by atoms with E-state index in [-0.39, 0.29) is 12.0 Å². The molecule has 2 unspecified atom stereocenters. The van der Waals surface area contributed by atoms with Crippen molar-refractivity contribution in [3.05, 3.63) is 59.4 Å². The van der Waals surface area contributed by atoms with Crippen molar-refractivity contribution < 1.29 is 36.7 Å². The molecule has 3 N–H and O–H groups in total. The fourth-order valence-corrected chi connectivity index (χ4v) is 4.82. The topological polar surface area (TPSA) is 114 Å². The molecule has 2 aromatic carbocycles. The second-order valence-corrected chi connectivity index (χ2v) is 9.70. The zero-order valence-corrected chi connectivity index (χ0v) is 21.9. The van der Waals surface area contributed by atoms with Crippen molar-refractivity contribution >= 4 is 35.3 Å². The van der Waals surface area contributed by atoms with Gasteiger partial charge in [-0.05, 0) is 36.8 Å². The fraction of sp³-hybridized carbons (Fsp3) is 0.385. The van der Waals surface area contributed by atoms with Crippen LogP contribution in [0.15, 0.2) is 42.5 Å². The summed E-state index contributed by atoms with van der Waals surface area (Å²) in [6, 6.07) is 5.78. The van der Waals surface area contributed by atoms with Crippen LogP contribution in [-0.2, 0) is 21.7 Å². The summed E-state index contributed by atoms with van der Waals surface area (Å²) in [5.41, 5.74) is 0.102. The highest BCUT2D eigenvalue weighted by Gasteiger charge is 2.55. The Hall–Kier alpha value is -4.36. The van der Waals surface area contributed by atoms with Crippen molar-refractivity contribution in [2.24, 2.45) is 0 Å². The number of alkyl halides is 3. The van der Waals surface area contributed by atoms with E-state index in [1.807, 2.05) is 4.90 Å². The minimum absolute atomic E-state index is 0.145. The summed E-state index contributed by atoms with van der Waals surface area (Å²) >= 11 is 0. The quantitative estimate of drug-likeness (QED) is 0.369. The summed E-state index contributed by atoms with van der Waals surface area (Å²) in [4.78, 5) is 54.6. The van der Waals surface area contributed by atoms with Gasteiger partial charge in [-0.3, -0.25) is 14.5 Å². The number of imide groups is 1. The van der Waals surface area contributed by atoms with Gasteiger partial charge in [-0.15, -0.1) is 0 Å². The number of benzene rings is 2. The first-order valence-electron chi connectivity index (χ1n) is 12.4. The molecule has 0 aliphatic carbocycles. The number of rotatable bonds is 6. The summed E-state index contributed by atoms with van der Waals surface area (Å²) in [7, 11) is 3.22. The number of hydrogen-bond acceptors (Lipinski definition) is 5. The molecule has 2 aliphatic heterocycles. The third-order valence-corrected chi connectivity index (χ3v) is 7.17. The third-order valence-electron chi connectivity index (χ3n) is 7.17. The van der Waals surface area contributed by atoms with Gasteiger partial charge < -0.3 is 25.8 Å². The van der Waals surface area contributed by atoms with Crippen LogP contribution in [0.2, 0.25) is 0 Å². The molecule has 40 heavy (non-hydrogen) atoms. The molecule has 2 aromatic rings. The third kappa shape index (κ3) is 5.38. The van der Waals surface area contributed by atoms with Gasteiger partial charge in [-0.2, -0.15) is 13.2 Å². The molecule has 6 amide bonds. The number of hydrogen-bond donors (Lipinski definition) is 3. The van der Waals surface area contributed by atoms with Crippen molar-refractivity contribution in [1.29, 1.82) is 0 Å². The number of anilines is 2. The van der Waals surface area contributed by atoms with Gasteiger partial charge in [0.25, 0.3) is 5.91 Å². The maximum Gasteiger partial charge on any atom is 0.408 e. The molecule has 1 fully saturated rings. The van der Waals surface area contributed by atoms with E-state index in [1.165, 1.54) is 19.2 Å². The lowest BCUT2D eigenvalue weighted by Crippen LogP contribution is -2.52. The van der Waals surface area contributed by atoms with E-state index in [2.05, 4.69) is 16.0 Å². The van der Waals surface area contributed by atoms with E-state index >= 15 is 0 Å². The molecule has 1 saturated heterocycles. The largest absolute Gasteiger partial charge is 0.408 e. The van der Waals surface area contributed by atoms with Crippen LogP contribution >= 0.6 is 0 Å². The highest BCUT2D eigenvalue weighted by molar-refractivity contribution is 6.10. The molecule has 4 rings (SSSR count). The molecule has 1 spiro atoms. The Bertz CT molecular complexity index is 1340. The zero-order chi connectivity index (χ0) is 29.4. The molecule has 2 heterocycles. The highest BCUT2D eigenvalue weighted by Crippen LogP contribution is 2.43. The van der Waals surface area contributed by atoms with E-state index < -0.39 is 60.5 Å². The Morgan fingerprint density at radius 1 is 1.15 bits per heavy atom. The Balaban J connectivity index is 1.61. The molecule has 0 radical (unpaired) electrons. The molecule has 0 aromatic heterocycles. The van der Waals surface area contributed by atoms with Crippen molar-refractivity contribution in [1.82, 2.24) is 20.4 Å². The van der Waals surface area contributed by atoms with E-state index in [0.29, 0.717) is 33.3 Å². The van der Waals surface area contributed by atoms with Gasteiger partial charge in [-0.25, -0.2) is 14.0 Å². The van der Waals surface area contributed by atoms with Gasteiger partial charge in [0.1, 0.15) is 18.4 Å². The molecule has 10 nitrogen and oxygen atoms in total. The van der Waals surface area contributed by atoms with Crippen molar-refractivity contribution in [2.75, 3.05) is 37.4 Å². The first-order valence-corrected chi connectivity index (χ1v) is 12.4. The molecular weight excluding hydrogens is 536 g/mol. The number of amides is 6. The molecule has 214 valence electrons. The summed E-state index contributed by atoms with van der Waals surface area (Å²) < 4.78 is 54.3. The van der Waals surface area contributed by atoms with Crippen LogP contribution in [-0.4, -0.2) is 73.1 Å². The Morgan fingerprint density at radius 3 is 2.45 bits per heavy atom. The lowest BCUT2D eigenvalue weighted by molar-refractivity contribution is -0.187. The van der Waals surface area contributed by atoms with Gasteiger partial charge in [0, 0.05) is 50.5 Å². The lowest BCUT2D eigenvalue weighted by atomic mass is 9.82. The van der Waals surface area contributed by atoms with Gasteiger partial charge in [0.15, 0.2) is 5.54 Å². The van der Waals surface area contributed by atoms with Crippen molar-refractivity contribution in [2.45, 2.75) is 37.6 Å². The van der Waals surface area contributed by atoms with Crippen LogP contribution in [0.4, 0.5) is 38.5 Å². The van der Waals surface area contributed by atoms with Crippen molar-refractivity contribution in [3.63, 3.8) is 0 Å². The molecule has 0 bridgehead atoms. The summed E-state index contributed by atoms with van der Waals surface area (Å²) in [6.07, 6.45) is -4.65. The second kappa shape index (κ2) is 10.7. The maximum absolute atomic E-state index is 13.7. The molecule has 14 heteroatoms. The zero-order valence-electron chi connectivity index (χ0n) is 21.9. The smallest absolute Gasteiger partial charge is 0.374 e. The van der Waals surface area contributed by atoms with Crippen LogP contribution in [0.3, 0.4) is 0 Å². The predicted octanol–water partition coefficient (Wildman–Crippen LogP) is 3.14. The SMILES string of the molecule is CNC(=O)Nc1ccc2c(c1)N(C)CCC21NC(=O)N(CC(=O)N(Cc2ccc(F)cc2)C(C)C(F)(F)F)C1=O. The molecule has 2 aliphatic rings. The Morgan fingerprint density at radius 2 is 1.82 bits per heavy atom. The van der Waals surface area contributed by atoms with Crippen molar-refractivity contribution in [3.8, 4) is 0 Å². The lowest BCUT2D eigenvalue weighted by Gasteiger charge is -2.39. The first kappa shape index (κ1) is 28.6. The number of fused-ring (bicyclic) bond motifs is 2. The normalized spacial score (nSPS) is 19.3. The number of carbonyl (C=O) groups excluding carboxylic acids is 4. The highest BCUT2D eigenvalue weighted by atomic mass is 19.4. The number of urea groups is 2. The van der Waals surface area contributed by atoms with Gasteiger partial charge in [-0.1, -0.05) is 18.2 Å². The Kier molecular flexibility index (Phi) is 7.63. The maximum atomic E-state index is 13.7. The van der Waals surface area contributed by atoms with Crippen LogP contribution in [0, 0.1) is 5.82 Å². The minimum Gasteiger partial charge on any atom is -0.374 e. The molecular formula is C26H28F4N6O4. The molecule has 2 atom stereocenters. The first-order chi connectivity index (χ1) is 18.8. The van der Waals surface area contributed by atoms with Crippen LogP contribution in [0.5, 0.6) is 0 Å². The number of nitrogens with zero attached hydrogens (tertiary/aromatic N) is 3. The number of nitrogens with one attached hydrogen (secondary N) is 3. The van der Waals surface area contributed by atoms with Crippen LogP contribution in [0.25, 0.3) is 0 Å². The summed E-state index contributed by atoms with van der Waals surface area (Å²) in [5, 5.41) is 7.71. The van der Waals surface area contributed by atoms with E-state index in [1.54, 1.807) is 25.2 Å². The average Bonchev–Trinajstić information content (AvgIpc) is 3.14. The van der Waals surface area contributed by atoms with E-state index in [4.69, 9.17) is 0 Å². The monoisotopic (exact) mass is 564 g/mol. The summed E-state index contributed by atoms with van der Waals surface area (Å²) in [5.74, 6) is -2.47. The average molecular weight is 565 g/mol. The van der Waals surface area contributed by atoms with Gasteiger partial charge in [0.05, 0.1) is 0 Å². The number of carbonyl (C=O) groups is 4. The predicted molar refractivity (Wildman–Crippen MR) is 137 cm³/mol. The van der Waals surface area contributed by atoms with Crippen LogP contribution in [0.1, 0.15) is 24.5 Å². The molecule has 0 saturated carbocycles. The van der Waals surface area contributed by atoms with E-state index in [0.717, 1.165) is 19.1 Å². The fourth-order valence-electron chi connectivity index (χ4n) is 4.82. The standard InChI is InChI=1S/C26H28F4N6O4/c1-15(26(28,29)30)35(13-16-4-6-17(27)7-5-16)21(37)14-36-22(38)25(33-24(36)40)10-11-34(3)20-12-18(8-9-19(20)25)32-23(39)31-2/h4-9,12,15H,10-11,13-14H2,1-3H3,(H,33,40)(H2,31,32,39). The Labute approximate surface area is 227 Å². The van der Waals surface area contributed by atoms with E-state index in [9.17, 15) is 36.7 Å². The summed E-state index contributed by atoms with van der Waals surface area (Å²) in [6.45, 7) is -0.308. The second-order valence-electron chi connectivity index (χ2n) is 9.70. The minimum atomic E-state index is -4.79. The van der Waals surface area contributed by atoms with Gasteiger partial charge >= 0.3 is 18.2 Å². The van der Waals surface area contributed by atoms with Crippen LogP contribution < -0.4 is 20.9 Å². The number of halogens is 4.